The molecule has 0 aliphatic rings. The Hall–Kier alpha value is -0.780. The van der Waals surface area contributed by atoms with E-state index in [0.717, 1.165) is 6.07 Å². The fraction of sp³-hybridized carbons (Fsp3) is 0.143. The van der Waals surface area contributed by atoms with E-state index in [1.807, 2.05) is 0 Å². The van der Waals surface area contributed by atoms with Gasteiger partial charge in [0.05, 0.1) is 18.1 Å². The van der Waals surface area contributed by atoms with Crippen LogP contribution in [-0.2, 0) is 0 Å². The predicted octanol–water partition coefficient (Wildman–Crippen LogP) is -1.69. The summed E-state index contributed by atoms with van der Waals surface area (Å²) in [6.45, 7) is 0. The molecule has 5 nitrogen and oxygen atoms in total. The molecule has 1 rings (SSSR count). The van der Waals surface area contributed by atoms with Crippen LogP contribution in [0.5, 0.6) is 11.5 Å². The molecular weight excluding hydrogens is 185 g/mol. The van der Waals surface area contributed by atoms with Crippen molar-refractivity contribution in [1.82, 2.24) is 0 Å². The smallest absolute Gasteiger partial charge is 0.504 e. The molecule has 0 unspecified atom stereocenters. The molecule has 0 heterocycles. The van der Waals surface area contributed by atoms with Gasteiger partial charge in [-0.1, -0.05) is 0 Å². The van der Waals surface area contributed by atoms with Crippen LogP contribution < -0.4 is 34.3 Å². The Kier molecular flexibility index (Phi) is 4.76. The number of aromatic hydroxyl groups is 1. The van der Waals surface area contributed by atoms with Crippen LogP contribution in [0.2, 0.25) is 0 Å². The van der Waals surface area contributed by atoms with Gasteiger partial charge < -0.3 is 9.84 Å². The number of nitro groups is 1. The van der Waals surface area contributed by atoms with Crippen LogP contribution in [0.25, 0.3) is 0 Å². The number of nitro benzene ring substituents is 1. The SMILES string of the molecule is COc1ccc([N+](=O)[O-])cc1O.[Na+]. The Morgan fingerprint density at radius 1 is 1.54 bits per heavy atom. The summed E-state index contributed by atoms with van der Waals surface area (Å²) < 4.78 is 4.71. The third-order valence-corrected chi connectivity index (χ3v) is 1.37. The largest absolute Gasteiger partial charge is 1.00 e. The van der Waals surface area contributed by atoms with Crippen molar-refractivity contribution in [2.45, 2.75) is 0 Å². The van der Waals surface area contributed by atoms with Crippen molar-refractivity contribution < 1.29 is 44.3 Å². The van der Waals surface area contributed by atoms with Crippen molar-refractivity contribution in [1.29, 1.82) is 0 Å². The van der Waals surface area contributed by atoms with E-state index >= 15 is 0 Å². The molecule has 0 atom stereocenters. The van der Waals surface area contributed by atoms with E-state index in [9.17, 15) is 10.1 Å². The minimum absolute atomic E-state index is 0. The quantitative estimate of drug-likeness (QED) is 0.345. The topological polar surface area (TPSA) is 72.6 Å². The van der Waals surface area contributed by atoms with Gasteiger partial charge in [0.25, 0.3) is 5.69 Å². The fourth-order valence-electron chi connectivity index (χ4n) is 0.792. The Morgan fingerprint density at radius 2 is 2.15 bits per heavy atom. The van der Waals surface area contributed by atoms with Gasteiger partial charge in [-0.05, 0) is 6.07 Å². The summed E-state index contributed by atoms with van der Waals surface area (Å²) >= 11 is 0. The van der Waals surface area contributed by atoms with Crippen molar-refractivity contribution in [3.05, 3.63) is 28.3 Å². The number of phenolic OH excluding ortho intramolecular Hbond substituents is 1. The first-order valence-electron chi connectivity index (χ1n) is 3.16. The van der Waals surface area contributed by atoms with E-state index in [1.54, 1.807) is 0 Å². The molecule has 0 saturated heterocycles. The van der Waals surface area contributed by atoms with Gasteiger partial charge in [-0.2, -0.15) is 0 Å². The van der Waals surface area contributed by atoms with Gasteiger partial charge in [-0.15, -0.1) is 0 Å². The minimum Gasteiger partial charge on any atom is -0.504 e. The average molecular weight is 192 g/mol. The van der Waals surface area contributed by atoms with Gasteiger partial charge in [-0.25, -0.2) is 0 Å². The second-order valence-corrected chi connectivity index (χ2v) is 2.11. The first-order valence-corrected chi connectivity index (χ1v) is 3.16. The number of nitrogens with zero attached hydrogens (tertiary/aromatic N) is 1. The Labute approximate surface area is 96.8 Å². The van der Waals surface area contributed by atoms with Crippen molar-refractivity contribution in [3.63, 3.8) is 0 Å². The van der Waals surface area contributed by atoms with Crippen molar-refractivity contribution in [2.24, 2.45) is 0 Å². The van der Waals surface area contributed by atoms with Crippen LogP contribution >= 0.6 is 0 Å². The zero-order valence-corrected chi connectivity index (χ0v) is 9.35. The minimum atomic E-state index is -0.584. The molecule has 0 saturated carbocycles. The van der Waals surface area contributed by atoms with Crippen LogP contribution in [0.1, 0.15) is 0 Å². The molecule has 6 heteroatoms. The molecular formula is C7H7NNaO4+. The number of methoxy groups -OCH3 is 1. The van der Waals surface area contributed by atoms with Gasteiger partial charge in [0.2, 0.25) is 0 Å². The number of benzene rings is 1. The van der Waals surface area contributed by atoms with Crippen LogP contribution in [-0.4, -0.2) is 17.1 Å². The van der Waals surface area contributed by atoms with Crippen molar-refractivity contribution >= 4 is 5.69 Å². The molecule has 0 aliphatic carbocycles. The maximum Gasteiger partial charge on any atom is 1.00 e. The standard InChI is InChI=1S/C7H7NO4.Na/c1-12-7-3-2-5(8(10)11)4-6(7)9;/h2-4,9H,1H3;/q;+1. The van der Waals surface area contributed by atoms with Crippen LogP contribution in [0.4, 0.5) is 5.69 Å². The van der Waals surface area contributed by atoms with Crippen LogP contribution in [0.3, 0.4) is 0 Å². The first-order chi connectivity index (χ1) is 5.65. The van der Waals surface area contributed by atoms with E-state index in [4.69, 9.17) is 9.84 Å². The molecule has 13 heavy (non-hydrogen) atoms. The van der Waals surface area contributed by atoms with Gasteiger partial charge in [0.15, 0.2) is 11.5 Å². The summed E-state index contributed by atoms with van der Waals surface area (Å²) in [5, 5.41) is 19.3. The molecule has 0 spiro atoms. The van der Waals surface area contributed by atoms with Gasteiger partial charge in [0, 0.05) is 6.07 Å². The monoisotopic (exact) mass is 192 g/mol. The summed E-state index contributed by atoms with van der Waals surface area (Å²) in [6.07, 6.45) is 0. The second-order valence-electron chi connectivity index (χ2n) is 2.11. The average Bonchev–Trinajstić information content (AvgIpc) is 2.04. The maximum absolute atomic E-state index is 10.2. The summed E-state index contributed by atoms with van der Waals surface area (Å²) in [7, 11) is 1.38. The summed E-state index contributed by atoms with van der Waals surface area (Å²) in [5.74, 6) is -0.00713. The molecule has 0 amide bonds. The third kappa shape index (κ3) is 2.87. The van der Waals surface area contributed by atoms with Gasteiger partial charge in [-0.3, -0.25) is 10.1 Å². The van der Waals surface area contributed by atoms with E-state index < -0.39 is 4.92 Å². The molecule has 0 bridgehead atoms. The van der Waals surface area contributed by atoms with E-state index in [2.05, 4.69) is 0 Å². The normalized spacial score (nSPS) is 8.69. The maximum atomic E-state index is 10.2. The molecule has 0 fully saturated rings. The molecule has 64 valence electrons. The van der Waals surface area contributed by atoms with Gasteiger partial charge >= 0.3 is 29.6 Å². The second kappa shape index (κ2) is 5.06. The molecule has 0 aliphatic heterocycles. The number of rotatable bonds is 2. The van der Waals surface area contributed by atoms with E-state index in [0.29, 0.717) is 0 Å². The molecule has 0 radical (unpaired) electrons. The zero-order chi connectivity index (χ0) is 9.14. The predicted molar refractivity (Wildman–Crippen MR) is 41.3 cm³/mol. The van der Waals surface area contributed by atoms with Crippen molar-refractivity contribution in [2.75, 3.05) is 7.11 Å². The number of hydrogen-bond acceptors (Lipinski definition) is 4. The first kappa shape index (κ1) is 12.2. The third-order valence-electron chi connectivity index (χ3n) is 1.37. The fourth-order valence-corrected chi connectivity index (χ4v) is 0.792. The number of phenols is 1. The number of non-ortho nitro benzene ring substituents is 1. The van der Waals surface area contributed by atoms with Crippen molar-refractivity contribution in [3.8, 4) is 11.5 Å². The summed E-state index contributed by atoms with van der Waals surface area (Å²) in [5.41, 5.74) is -0.159. The van der Waals surface area contributed by atoms with E-state index in [-0.39, 0.29) is 46.7 Å². The van der Waals surface area contributed by atoms with Crippen LogP contribution in [0, 0.1) is 10.1 Å². The van der Waals surface area contributed by atoms with E-state index in [1.165, 1.54) is 19.2 Å². The Morgan fingerprint density at radius 3 is 2.54 bits per heavy atom. The molecule has 1 aromatic rings. The summed E-state index contributed by atoms with van der Waals surface area (Å²) in [4.78, 5) is 9.62. The molecule has 1 N–H and O–H groups in total. The Bertz CT molecular complexity index is 315. The molecule has 1 aromatic carbocycles. The number of hydrogen-bond donors (Lipinski definition) is 1. The summed E-state index contributed by atoms with van der Waals surface area (Å²) in [6, 6.07) is 3.64. The molecule has 0 aromatic heterocycles. The Balaban J connectivity index is 0.00000144. The van der Waals surface area contributed by atoms with Gasteiger partial charge in [0.1, 0.15) is 0 Å². The zero-order valence-electron chi connectivity index (χ0n) is 7.35. The number of ether oxygens (including phenoxy) is 1. The van der Waals surface area contributed by atoms with Crippen LogP contribution in [0.15, 0.2) is 18.2 Å².